The second-order valence-corrected chi connectivity index (χ2v) is 5.96. The summed E-state index contributed by atoms with van der Waals surface area (Å²) < 4.78 is 39.3. The molecule has 1 aliphatic rings. The van der Waals surface area contributed by atoms with Gasteiger partial charge in [0.25, 0.3) is 0 Å². The highest BCUT2D eigenvalue weighted by Crippen LogP contribution is 2.29. The van der Waals surface area contributed by atoms with Crippen LogP contribution in [0.1, 0.15) is 24.2 Å². The van der Waals surface area contributed by atoms with Crippen LogP contribution in [0.2, 0.25) is 0 Å². The molecule has 10 heteroatoms. The number of piperidine rings is 1. The van der Waals surface area contributed by atoms with Crippen LogP contribution < -0.4 is 0 Å². The summed E-state index contributed by atoms with van der Waals surface area (Å²) >= 11 is 0. The Morgan fingerprint density at radius 3 is 2.64 bits per heavy atom. The molecule has 0 bridgehead atoms. The van der Waals surface area contributed by atoms with Gasteiger partial charge in [-0.05, 0) is 54.1 Å². The predicted molar refractivity (Wildman–Crippen MR) is 79.8 cm³/mol. The number of halogens is 3. The fraction of sp³-hybridized carbons (Fsp3) is 0.467. The minimum Gasteiger partial charge on any atom is -0.481 e. The van der Waals surface area contributed by atoms with Gasteiger partial charge in [-0.2, -0.15) is 17.9 Å². The number of tetrazole rings is 1. The zero-order chi connectivity index (χ0) is 18.0. The average molecular weight is 355 g/mol. The molecule has 134 valence electrons. The van der Waals surface area contributed by atoms with E-state index in [4.69, 9.17) is 5.11 Å². The van der Waals surface area contributed by atoms with Gasteiger partial charge in [0, 0.05) is 6.54 Å². The summed E-state index contributed by atoms with van der Waals surface area (Å²) in [6.07, 6.45) is -3.00. The lowest BCUT2D eigenvalue weighted by Gasteiger charge is -2.29. The van der Waals surface area contributed by atoms with Gasteiger partial charge in [0.05, 0.1) is 23.7 Å². The molecule has 0 radical (unpaired) electrons. The summed E-state index contributed by atoms with van der Waals surface area (Å²) in [5.41, 5.74) is -0.328. The van der Waals surface area contributed by atoms with E-state index in [1.807, 2.05) is 4.90 Å². The van der Waals surface area contributed by atoms with Crippen molar-refractivity contribution in [3.8, 4) is 5.69 Å². The van der Waals surface area contributed by atoms with Gasteiger partial charge in [-0.15, -0.1) is 5.10 Å². The molecule has 1 aromatic carbocycles. The summed E-state index contributed by atoms with van der Waals surface area (Å²) in [5, 5.41) is 20.5. The first-order valence-electron chi connectivity index (χ1n) is 7.74. The smallest absolute Gasteiger partial charge is 0.416 e. The average Bonchev–Trinajstić information content (AvgIpc) is 3.02. The predicted octanol–water partition coefficient (Wildman–Crippen LogP) is 1.98. The van der Waals surface area contributed by atoms with E-state index in [0.717, 1.165) is 25.1 Å². The molecule has 1 unspecified atom stereocenters. The third-order valence-electron chi connectivity index (χ3n) is 4.19. The minimum atomic E-state index is -4.40. The third-order valence-corrected chi connectivity index (χ3v) is 4.19. The Hall–Kier alpha value is -2.49. The number of benzene rings is 1. The molecule has 2 heterocycles. The Kier molecular flexibility index (Phi) is 4.71. The van der Waals surface area contributed by atoms with Gasteiger partial charge in [0.2, 0.25) is 0 Å². The van der Waals surface area contributed by atoms with Crippen LogP contribution in [0.3, 0.4) is 0 Å². The van der Waals surface area contributed by atoms with Crippen molar-refractivity contribution in [1.82, 2.24) is 25.1 Å². The minimum absolute atomic E-state index is 0.331. The van der Waals surface area contributed by atoms with Crippen molar-refractivity contribution >= 4 is 5.97 Å². The van der Waals surface area contributed by atoms with Gasteiger partial charge < -0.3 is 5.11 Å². The number of carbonyl (C=O) groups is 1. The zero-order valence-electron chi connectivity index (χ0n) is 13.1. The highest BCUT2D eigenvalue weighted by molar-refractivity contribution is 5.70. The van der Waals surface area contributed by atoms with Crippen LogP contribution in [-0.2, 0) is 17.5 Å². The second-order valence-electron chi connectivity index (χ2n) is 5.96. The van der Waals surface area contributed by atoms with Crippen LogP contribution in [0.25, 0.3) is 5.69 Å². The van der Waals surface area contributed by atoms with E-state index in [9.17, 15) is 18.0 Å². The Labute approximate surface area is 141 Å². The highest BCUT2D eigenvalue weighted by Gasteiger charge is 2.30. The number of carboxylic acid groups (broad SMARTS) is 1. The first kappa shape index (κ1) is 17.3. The molecule has 7 nitrogen and oxygen atoms in total. The Morgan fingerprint density at radius 2 is 2.00 bits per heavy atom. The lowest BCUT2D eigenvalue weighted by atomic mass is 9.98. The summed E-state index contributed by atoms with van der Waals surface area (Å²) in [6.45, 7) is 1.46. The fourth-order valence-corrected chi connectivity index (χ4v) is 2.90. The van der Waals surface area contributed by atoms with Crippen molar-refractivity contribution in [2.45, 2.75) is 25.6 Å². The van der Waals surface area contributed by atoms with E-state index in [2.05, 4.69) is 15.5 Å². The lowest BCUT2D eigenvalue weighted by Crippen LogP contribution is -2.38. The van der Waals surface area contributed by atoms with Gasteiger partial charge in [0.15, 0.2) is 5.82 Å². The molecule has 1 N–H and O–H groups in total. The summed E-state index contributed by atoms with van der Waals surface area (Å²) in [6, 6.07) is 4.56. The largest absolute Gasteiger partial charge is 0.481 e. The number of aromatic nitrogens is 4. The van der Waals surface area contributed by atoms with Crippen molar-refractivity contribution in [3.05, 3.63) is 35.7 Å². The molecular weight excluding hydrogens is 339 g/mol. The van der Waals surface area contributed by atoms with E-state index < -0.39 is 23.6 Å². The quantitative estimate of drug-likeness (QED) is 0.903. The Balaban J connectivity index is 1.75. The summed E-state index contributed by atoms with van der Waals surface area (Å²) in [7, 11) is 0. The first-order chi connectivity index (χ1) is 11.8. The maximum absolute atomic E-state index is 12.7. The lowest BCUT2D eigenvalue weighted by molar-refractivity contribution is -0.143. The second kappa shape index (κ2) is 6.79. The number of rotatable bonds is 4. The molecule has 1 atom stereocenters. The Bertz CT molecular complexity index is 744. The molecule has 2 aromatic rings. The molecule has 1 aliphatic heterocycles. The van der Waals surface area contributed by atoms with Gasteiger partial charge in [-0.3, -0.25) is 9.69 Å². The summed E-state index contributed by atoms with van der Waals surface area (Å²) in [5.74, 6) is -0.804. The highest BCUT2D eigenvalue weighted by atomic mass is 19.4. The van der Waals surface area contributed by atoms with E-state index in [1.165, 1.54) is 16.8 Å². The normalized spacial score (nSPS) is 19.1. The molecule has 1 saturated heterocycles. The molecule has 25 heavy (non-hydrogen) atoms. The molecule has 3 rings (SSSR count). The number of likely N-dealkylation sites (tertiary alicyclic amines) is 1. The van der Waals surface area contributed by atoms with Crippen molar-refractivity contribution in [2.75, 3.05) is 13.1 Å². The van der Waals surface area contributed by atoms with Crippen LogP contribution in [-0.4, -0.2) is 49.3 Å². The third kappa shape index (κ3) is 3.95. The maximum atomic E-state index is 12.7. The SMILES string of the molecule is O=C(O)C1CCCN(Cc2nnnn2-c2ccc(C(F)(F)F)cc2)C1. The van der Waals surface area contributed by atoms with E-state index >= 15 is 0 Å². The van der Waals surface area contributed by atoms with Crippen LogP contribution in [0, 0.1) is 5.92 Å². The van der Waals surface area contributed by atoms with Gasteiger partial charge in [0.1, 0.15) is 0 Å². The van der Waals surface area contributed by atoms with Gasteiger partial charge in [-0.1, -0.05) is 0 Å². The monoisotopic (exact) mass is 355 g/mol. The molecular formula is C15H16F3N5O2. The molecule has 1 aromatic heterocycles. The number of hydrogen-bond donors (Lipinski definition) is 1. The number of nitrogens with zero attached hydrogens (tertiary/aromatic N) is 5. The van der Waals surface area contributed by atoms with Crippen LogP contribution in [0.15, 0.2) is 24.3 Å². The number of hydrogen-bond acceptors (Lipinski definition) is 5. The van der Waals surface area contributed by atoms with Crippen molar-refractivity contribution in [3.63, 3.8) is 0 Å². The van der Waals surface area contributed by atoms with E-state index in [1.54, 1.807) is 0 Å². The molecule has 0 spiro atoms. The molecule has 0 aliphatic carbocycles. The molecule has 0 amide bonds. The first-order valence-corrected chi connectivity index (χ1v) is 7.74. The standard InChI is InChI=1S/C15H16F3N5O2/c16-15(17,18)11-3-5-12(6-4-11)23-13(19-20-21-23)9-22-7-1-2-10(8-22)14(24)25/h3-6,10H,1-2,7-9H2,(H,24,25). The van der Waals surface area contributed by atoms with Crippen LogP contribution >= 0.6 is 0 Å². The number of carboxylic acids is 1. The molecule has 0 saturated carbocycles. The maximum Gasteiger partial charge on any atom is 0.416 e. The molecule has 1 fully saturated rings. The summed E-state index contributed by atoms with van der Waals surface area (Å²) in [4.78, 5) is 13.1. The number of alkyl halides is 3. The zero-order valence-corrected chi connectivity index (χ0v) is 13.1. The van der Waals surface area contributed by atoms with Crippen LogP contribution in [0.5, 0.6) is 0 Å². The van der Waals surface area contributed by atoms with E-state index in [0.29, 0.717) is 31.0 Å². The fourth-order valence-electron chi connectivity index (χ4n) is 2.90. The van der Waals surface area contributed by atoms with Crippen molar-refractivity contribution in [2.24, 2.45) is 5.92 Å². The Morgan fingerprint density at radius 1 is 1.28 bits per heavy atom. The van der Waals surface area contributed by atoms with Gasteiger partial charge in [-0.25, -0.2) is 0 Å². The van der Waals surface area contributed by atoms with Gasteiger partial charge >= 0.3 is 12.1 Å². The van der Waals surface area contributed by atoms with Crippen molar-refractivity contribution < 1.29 is 23.1 Å². The topological polar surface area (TPSA) is 84.1 Å². The van der Waals surface area contributed by atoms with Crippen LogP contribution in [0.4, 0.5) is 13.2 Å². The number of aliphatic carboxylic acids is 1. The van der Waals surface area contributed by atoms with Crippen molar-refractivity contribution in [1.29, 1.82) is 0 Å². The van der Waals surface area contributed by atoms with E-state index in [-0.39, 0.29) is 0 Å².